The number of fused-ring (bicyclic) bond motifs is 1. The van der Waals surface area contributed by atoms with Crippen molar-refractivity contribution in [3.05, 3.63) is 24.3 Å². The molecule has 1 aliphatic rings. The van der Waals surface area contributed by atoms with Crippen LogP contribution >= 0.6 is 0 Å². The van der Waals surface area contributed by atoms with E-state index < -0.39 is 0 Å². The summed E-state index contributed by atoms with van der Waals surface area (Å²) in [4.78, 5) is 4.55. The van der Waals surface area contributed by atoms with Crippen LogP contribution in [0.15, 0.2) is 24.3 Å². The number of para-hydroxylation sites is 1. The zero-order valence-corrected chi connectivity index (χ0v) is 11.3. The highest BCUT2D eigenvalue weighted by Crippen LogP contribution is 2.28. The minimum atomic E-state index is 0.502. The van der Waals surface area contributed by atoms with Gasteiger partial charge in [-0.25, -0.2) is 4.98 Å². The molecule has 3 rings (SSSR count). The van der Waals surface area contributed by atoms with Gasteiger partial charge in [-0.05, 0) is 30.9 Å². The Morgan fingerprint density at radius 1 is 1.11 bits per heavy atom. The fraction of sp³-hybridized carbons (Fsp3) is 0.533. The van der Waals surface area contributed by atoms with Crippen LogP contribution in [-0.2, 0) is 0 Å². The Balaban J connectivity index is 1.80. The predicted octanol–water partition coefficient (Wildman–Crippen LogP) is 3.41. The van der Waals surface area contributed by atoms with Gasteiger partial charge in [0.2, 0.25) is 5.95 Å². The second kappa shape index (κ2) is 5.51. The third-order valence-electron chi connectivity index (χ3n) is 4.11. The molecule has 0 spiro atoms. The van der Waals surface area contributed by atoms with Gasteiger partial charge in [0, 0.05) is 6.04 Å². The van der Waals surface area contributed by atoms with Crippen molar-refractivity contribution in [2.24, 2.45) is 5.92 Å². The summed E-state index contributed by atoms with van der Waals surface area (Å²) >= 11 is 0. The van der Waals surface area contributed by atoms with Crippen LogP contribution in [0.25, 0.3) is 11.0 Å². The molecule has 4 heteroatoms. The first kappa shape index (κ1) is 12.3. The molecule has 1 fully saturated rings. The van der Waals surface area contributed by atoms with Crippen LogP contribution in [0.1, 0.15) is 39.0 Å². The van der Waals surface area contributed by atoms with Gasteiger partial charge >= 0.3 is 0 Å². The van der Waals surface area contributed by atoms with Gasteiger partial charge in [-0.3, -0.25) is 0 Å². The van der Waals surface area contributed by atoms with Crippen LogP contribution in [0.4, 0.5) is 5.95 Å². The molecule has 0 bridgehead atoms. The van der Waals surface area contributed by atoms with Gasteiger partial charge in [0.05, 0.1) is 5.52 Å². The summed E-state index contributed by atoms with van der Waals surface area (Å²) in [5.74, 6) is 1.41. The fourth-order valence-electron chi connectivity index (χ4n) is 2.99. The third-order valence-corrected chi connectivity index (χ3v) is 4.11. The predicted molar refractivity (Wildman–Crippen MR) is 77.0 cm³/mol. The lowest BCUT2D eigenvalue weighted by atomic mass is 9.83. The van der Waals surface area contributed by atoms with E-state index in [1.807, 2.05) is 24.3 Å². The topological polar surface area (TPSA) is 50.7 Å². The average Bonchev–Trinajstić information content (AvgIpc) is 2.48. The molecular formula is C15H20N4. The van der Waals surface area contributed by atoms with Gasteiger partial charge in [-0.1, -0.05) is 38.3 Å². The van der Waals surface area contributed by atoms with Crippen molar-refractivity contribution in [2.45, 2.75) is 45.1 Å². The van der Waals surface area contributed by atoms with E-state index in [9.17, 15) is 0 Å². The quantitative estimate of drug-likeness (QED) is 0.914. The summed E-state index contributed by atoms with van der Waals surface area (Å²) in [6, 6.07) is 8.36. The van der Waals surface area contributed by atoms with Crippen LogP contribution in [-0.4, -0.2) is 21.2 Å². The van der Waals surface area contributed by atoms with Gasteiger partial charge in [-0.15, -0.1) is 10.2 Å². The van der Waals surface area contributed by atoms with Gasteiger partial charge < -0.3 is 5.32 Å². The molecule has 1 aliphatic carbocycles. The van der Waals surface area contributed by atoms with Crippen LogP contribution < -0.4 is 5.32 Å². The number of benzene rings is 1. The second-order valence-corrected chi connectivity index (χ2v) is 5.33. The molecule has 1 aromatic heterocycles. The van der Waals surface area contributed by atoms with Crippen molar-refractivity contribution >= 4 is 17.0 Å². The van der Waals surface area contributed by atoms with Gasteiger partial charge in [0.1, 0.15) is 5.52 Å². The summed E-state index contributed by atoms with van der Waals surface area (Å²) in [7, 11) is 0. The molecular weight excluding hydrogens is 236 g/mol. The van der Waals surface area contributed by atoms with E-state index in [4.69, 9.17) is 0 Å². The maximum Gasteiger partial charge on any atom is 0.243 e. The molecule has 1 N–H and O–H groups in total. The van der Waals surface area contributed by atoms with E-state index in [0.717, 1.165) is 17.0 Å². The first-order valence-electron chi connectivity index (χ1n) is 7.23. The Morgan fingerprint density at radius 2 is 1.89 bits per heavy atom. The third kappa shape index (κ3) is 2.67. The summed E-state index contributed by atoms with van der Waals surface area (Å²) in [6.07, 6.45) is 6.41. The zero-order valence-electron chi connectivity index (χ0n) is 11.3. The Kier molecular flexibility index (Phi) is 3.58. The molecule has 0 radical (unpaired) electrons. The molecule has 2 unspecified atom stereocenters. The smallest absolute Gasteiger partial charge is 0.243 e. The molecule has 1 aromatic carbocycles. The van der Waals surface area contributed by atoms with E-state index in [2.05, 4.69) is 27.4 Å². The molecule has 1 saturated carbocycles. The largest absolute Gasteiger partial charge is 0.350 e. The van der Waals surface area contributed by atoms with Crippen molar-refractivity contribution in [3.8, 4) is 0 Å². The number of aromatic nitrogens is 3. The summed E-state index contributed by atoms with van der Waals surface area (Å²) in [6.45, 7) is 2.27. The minimum Gasteiger partial charge on any atom is -0.350 e. The Morgan fingerprint density at radius 3 is 2.74 bits per heavy atom. The summed E-state index contributed by atoms with van der Waals surface area (Å²) < 4.78 is 0. The second-order valence-electron chi connectivity index (χ2n) is 5.33. The first-order valence-corrected chi connectivity index (χ1v) is 7.23. The van der Waals surface area contributed by atoms with Crippen molar-refractivity contribution in [1.82, 2.24) is 15.2 Å². The number of rotatable bonds is 3. The standard InChI is InChI=1S/C15H20N4/c1-2-11-7-3-4-8-12(11)16-15-17-13-9-5-6-10-14(13)18-19-15/h5-6,9-12H,2-4,7-8H2,1H3,(H,16,17,19). The van der Waals surface area contributed by atoms with Crippen LogP contribution in [0.3, 0.4) is 0 Å². The van der Waals surface area contributed by atoms with E-state index in [1.165, 1.54) is 32.1 Å². The highest BCUT2D eigenvalue weighted by atomic mass is 15.2. The molecule has 0 saturated heterocycles. The van der Waals surface area contributed by atoms with Gasteiger partial charge in [-0.2, -0.15) is 0 Å². The van der Waals surface area contributed by atoms with Crippen molar-refractivity contribution in [2.75, 3.05) is 5.32 Å². The maximum absolute atomic E-state index is 4.55. The maximum atomic E-state index is 4.55. The summed E-state index contributed by atoms with van der Waals surface area (Å²) in [5.41, 5.74) is 1.76. The van der Waals surface area contributed by atoms with E-state index in [-0.39, 0.29) is 0 Å². The van der Waals surface area contributed by atoms with Crippen molar-refractivity contribution < 1.29 is 0 Å². The lowest BCUT2D eigenvalue weighted by Crippen LogP contribution is -2.32. The van der Waals surface area contributed by atoms with E-state index in [1.54, 1.807) is 0 Å². The van der Waals surface area contributed by atoms with Crippen molar-refractivity contribution in [3.63, 3.8) is 0 Å². The monoisotopic (exact) mass is 256 g/mol. The van der Waals surface area contributed by atoms with Crippen LogP contribution in [0.5, 0.6) is 0 Å². The number of hydrogen-bond acceptors (Lipinski definition) is 4. The lowest BCUT2D eigenvalue weighted by molar-refractivity contribution is 0.316. The molecule has 1 heterocycles. The van der Waals surface area contributed by atoms with E-state index >= 15 is 0 Å². The highest BCUT2D eigenvalue weighted by Gasteiger charge is 2.24. The molecule has 19 heavy (non-hydrogen) atoms. The number of nitrogens with zero attached hydrogens (tertiary/aromatic N) is 3. The summed E-state index contributed by atoms with van der Waals surface area (Å²) in [5, 5.41) is 11.9. The number of anilines is 1. The van der Waals surface area contributed by atoms with Gasteiger partial charge in [0.25, 0.3) is 0 Å². The highest BCUT2D eigenvalue weighted by molar-refractivity contribution is 5.74. The fourth-order valence-corrected chi connectivity index (χ4v) is 2.99. The normalized spacial score (nSPS) is 23.4. The first-order chi connectivity index (χ1) is 9.36. The zero-order chi connectivity index (χ0) is 13.1. The van der Waals surface area contributed by atoms with Gasteiger partial charge in [0.15, 0.2) is 0 Å². The molecule has 100 valence electrons. The molecule has 4 nitrogen and oxygen atoms in total. The number of hydrogen-bond donors (Lipinski definition) is 1. The number of nitrogens with one attached hydrogen (secondary N) is 1. The SMILES string of the molecule is CCC1CCCCC1Nc1nnc2ccccc2n1. The average molecular weight is 256 g/mol. The minimum absolute atomic E-state index is 0.502. The Labute approximate surface area is 113 Å². The Hall–Kier alpha value is -1.71. The van der Waals surface area contributed by atoms with Crippen molar-refractivity contribution in [1.29, 1.82) is 0 Å². The Bertz CT molecular complexity index is 555. The molecule has 0 amide bonds. The van der Waals surface area contributed by atoms with Crippen LogP contribution in [0.2, 0.25) is 0 Å². The van der Waals surface area contributed by atoms with E-state index in [0.29, 0.717) is 12.0 Å². The molecule has 2 aromatic rings. The van der Waals surface area contributed by atoms with Crippen LogP contribution in [0, 0.1) is 5.92 Å². The lowest BCUT2D eigenvalue weighted by Gasteiger charge is -2.31. The molecule has 0 aliphatic heterocycles. The molecule has 2 atom stereocenters.